The molecule has 2 atom stereocenters. The van der Waals surface area contributed by atoms with Crippen molar-refractivity contribution < 1.29 is 27.8 Å². The van der Waals surface area contributed by atoms with Crippen molar-refractivity contribution >= 4 is 5.97 Å². The number of carboxylic acid groups (broad SMARTS) is 1. The van der Waals surface area contributed by atoms with Crippen molar-refractivity contribution in [1.82, 2.24) is 5.32 Å². The van der Waals surface area contributed by atoms with E-state index in [0.29, 0.717) is 11.3 Å². The molecule has 1 saturated heterocycles. The lowest BCUT2D eigenvalue weighted by atomic mass is 9.74. The van der Waals surface area contributed by atoms with Gasteiger partial charge < -0.3 is 15.2 Å². The van der Waals surface area contributed by atoms with Crippen LogP contribution in [-0.2, 0) is 11.2 Å². The maximum Gasteiger partial charge on any atom is 0.406 e. The lowest BCUT2D eigenvalue weighted by Crippen LogP contribution is -2.51. The molecule has 1 aromatic rings. The fourth-order valence-corrected chi connectivity index (χ4v) is 2.76. The number of halogens is 3. The van der Waals surface area contributed by atoms with E-state index in [4.69, 9.17) is 9.84 Å². The largest absolute Gasteiger partial charge is 0.497 e. The van der Waals surface area contributed by atoms with Crippen LogP contribution in [0.1, 0.15) is 5.56 Å². The molecule has 1 fully saturated rings. The van der Waals surface area contributed by atoms with Gasteiger partial charge in [-0.3, -0.25) is 4.79 Å². The minimum Gasteiger partial charge on any atom is -0.497 e. The fraction of sp³-hybridized carbons (Fsp3) is 0.500. The van der Waals surface area contributed by atoms with E-state index in [1.54, 1.807) is 24.3 Å². The van der Waals surface area contributed by atoms with E-state index in [9.17, 15) is 18.0 Å². The zero-order chi connectivity index (χ0) is 15.7. The molecule has 2 rings (SSSR count). The van der Waals surface area contributed by atoms with Crippen molar-refractivity contribution in [1.29, 1.82) is 0 Å². The van der Waals surface area contributed by atoms with E-state index in [-0.39, 0.29) is 13.0 Å². The van der Waals surface area contributed by atoms with Gasteiger partial charge in [-0.25, -0.2) is 0 Å². The summed E-state index contributed by atoms with van der Waals surface area (Å²) >= 11 is 0. The molecule has 0 aliphatic carbocycles. The number of rotatable bonds is 4. The van der Waals surface area contributed by atoms with Crippen LogP contribution in [0.25, 0.3) is 0 Å². The number of carbonyl (C=O) groups is 1. The van der Waals surface area contributed by atoms with E-state index >= 15 is 0 Å². The predicted octanol–water partition coefficient (Wildman–Crippen LogP) is 2.09. The maximum absolute atomic E-state index is 13.3. The Bertz CT molecular complexity index is 515. The number of nitrogens with one attached hydrogen (secondary N) is 1. The van der Waals surface area contributed by atoms with Crippen LogP contribution in [0.4, 0.5) is 13.2 Å². The Morgan fingerprint density at radius 1 is 1.43 bits per heavy atom. The molecule has 0 saturated carbocycles. The Morgan fingerprint density at radius 3 is 2.52 bits per heavy atom. The summed E-state index contributed by atoms with van der Waals surface area (Å²) in [7, 11) is 1.50. The van der Waals surface area contributed by atoms with Crippen LogP contribution >= 0.6 is 0 Å². The third kappa shape index (κ3) is 2.70. The van der Waals surface area contributed by atoms with E-state index < -0.39 is 30.0 Å². The molecule has 1 aliphatic rings. The van der Waals surface area contributed by atoms with Gasteiger partial charge in [-0.1, -0.05) is 12.1 Å². The van der Waals surface area contributed by atoms with Crippen LogP contribution < -0.4 is 10.1 Å². The number of aliphatic carboxylic acids is 1. The van der Waals surface area contributed by atoms with E-state index in [1.165, 1.54) is 7.11 Å². The molecule has 7 heteroatoms. The molecule has 0 radical (unpaired) electrons. The molecule has 21 heavy (non-hydrogen) atoms. The van der Waals surface area contributed by atoms with E-state index in [1.807, 2.05) is 0 Å². The van der Waals surface area contributed by atoms with Gasteiger partial charge >= 0.3 is 12.1 Å². The van der Waals surface area contributed by atoms with Gasteiger partial charge in [0.1, 0.15) is 5.75 Å². The van der Waals surface area contributed by atoms with Gasteiger partial charge in [-0.15, -0.1) is 0 Å². The van der Waals surface area contributed by atoms with Crippen molar-refractivity contribution in [2.45, 2.75) is 12.6 Å². The highest BCUT2D eigenvalue weighted by molar-refractivity contribution is 5.77. The standard InChI is InChI=1S/C14H16F3NO3/c1-21-11-4-2-9(3-5-11)6-10-7-18-8-13(10,12(19)20)14(15,16)17/h2-5,10,18H,6-8H2,1H3,(H,19,20)/t10-,13-/m1/s1. The minimum atomic E-state index is -4.79. The topological polar surface area (TPSA) is 58.6 Å². The second-order valence-electron chi connectivity index (χ2n) is 5.15. The highest BCUT2D eigenvalue weighted by Gasteiger charge is 2.66. The third-order valence-electron chi connectivity index (χ3n) is 4.02. The molecule has 4 nitrogen and oxygen atoms in total. The maximum atomic E-state index is 13.3. The van der Waals surface area contributed by atoms with Crippen LogP contribution in [0.5, 0.6) is 5.75 Å². The van der Waals surface area contributed by atoms with Gasteiger partial charge in [0.2, 0.25) is 0 Å². The second kappa shape index (κ2) is 5.55. The molecule has 116 valence electrons. The first-order valence-electron chi connectivity index (χ1n) is 6.45. The second-order valence-corrected chi connectivity index (χ2v) is 5.15. The number of hydrogen-bond acceptors (Lipinski definition) is 3. The molecule has 0 spiro atoms. The van der Waals surface area contributed by atoms with Gasteiger partial charge in [0.25, 0.3) is 0 Å². The number of carboxylic acids is 1. The Balaban J connectivity index is 2.26. The van der Waals surface area contributed by atoms with Crippen LogP contribution in [0.3, 0.4) is 0 Å². The summed E-state index contributed by atoms with van der Waals surface area (Å²) in [5, 5.41) is 11.7. The number of ether oxygens (including phenoxy) is 1. The number of benzene rings is 1. The van der Waals surface area contributed by atoms with Crippen molar-refractivity contribution in [2.24, 2.45) is 11.3 Å². The number of alkyl halides is 3. The zero-order valence-electron chi connectivity index (χ0n) is 11.4. The van der Waals surface area contributed by atoms with Crippen LogP contribution in [-0.4, -0.2) is 37.5 Å². The highest BCUT2D eigenvalue weighted by Crippen LogP contribution is 2.47. The molecule has 0 amide bonds. The fourth-order valence-electron chi connectivity index (χ4n) is 2.76. The Hall–Kier alpha value is -1.76. The monoisotopic (exact) mass is 303 g/mol. The molecule has 1 aliphatic heterocycles. The molecule has 0 unspecified atom stereocenters. The first-order valence-corrected chi connectivity index (χ1v) is 6.45. The van der Waals surface area contributed by atoms with Gasteiger partial charge in [-0.2, -0.15) is 13.2 Å². The lowest BCUT2D eigenvalue weighted by molar-refractivity contribution is -0.236. The number of methoxy groups -OCH3 is 1. The summed E-state index contributed by atoms with van der Waals surface area (Å²) in [5.41, 5.74) is -2.08. The van der Waals surface area contributed by atoms with E-state index in [0.717, 1.165) is 0 Å². The summed E-state index contributed by atoms with van der Waals surface area (Å²) in [6.45, 7) is -0.565. The molecular formula is C14H16F3NO3. The van der Waals surface area contributed by atoms with Crippen molar-refractivity contribution in [3.63, 3.8) is 0 Å². The summed E-state index contributed by atoms with van der Waals surface area (Å²) in [4.78, 5) is 11.3. The molecule has 1 heterocycles. The zero-order valence-corrected chi connectivity index (χ0v) is 11.4. The average Bonchev–Trinajstić information content (AvgIpc) is 2.84. The molecule has 0 aromatic heterocycles. The van der Waals surface area contributed by atoms with Gasteiger partial charge in [0, 0.05) is 12.5 Å². The van der Waals surface area contributed by atoms with Crippen molar-refractivity contribution in [3.05, 3.63) is 29.8 Å². The van der Waals surface area contributed by atoms with Gasteiger partial charge in [-0.05, 0) is 30.7 Å². The molecule has 0 bridgehead atoms. The Labute approximate surface area is 119 Å². The van der Waals surface area contributed by atoms with Crippen molar-refractivity contribution in [2.75, 3.05) is 20.2 Å². The van der Waals surface area contributed by atoms with Crippen LogP contribution in [0.2, 0.25) is 0 Å². The lowest BCUT2D eigenvalue weighted by Gasteiger charge is -2.32. The average molecular weight is 303 g/mol. The molecule has 1 aromatic carbocycles. The summed E-state index contributed by atoms with van der Waals surface area (Å²) in [6.07, 6.45) is -4.75. The van der Waals surface area contributed by atoms with Crippen LogP contribution in [0.15, 0.2) is 24.3 Å². The summed E-state index contributed by atoms with van der Waals surface area (Å²) < 4.78 is 44.9. The summed E-state index contributed by atoms with van der Waals surface area (Å²) in [6, 6.07) is 6.60. The van der Waals surface area contributed by atoms with E-state index in [2.05, 4.69) is 5.32 Å². The van der Waals surface area contributed by atoms with Crippen molar-refractivity contribution in [3.8, 4) is 5.75 Å². The number of hydrogen-bond donors (Lipinski definition) is 2. The first-order chi connectivity index (χ1) is 9.81. The quantitative estimate of drug-likeness (QED) is 0.894. The smallest absolute Gasteiger partial charge is 0.406 e. The predicted molar refractivity (Wildman–Crippen MR) is 69.2 cm³/mol. The minimum absolute atomic E-state index is 0.0256. The molecular weight excluding hydrogens is 287 g/mol. The third-order valence-corrected chi connectivity index (χ3v) is 4.02. The Morgan fingerprint density at radius 2 is 2.05 bits per heavy atom. The molecule has 2 N–H and O–H groups in total. The van der Waals surface area contributed by atoms with Crippen LogP contribution in [0, 0.1) is 11.3 Å². The summed E-state index contributed by atoms with van der Waals surface area (Å²) in [5.74, 6) is -2.26. The van der Waals surface area contributed by atoms with Gasteiger partial charge in [0.15, 0.2) is 5.41 Å². The highest BCUT2D eigenvalue weighted by atomic mass is 19.4. The van der Waals surface area contributed by atoms with Gasteiger partial charge in [0.05, 0.1) is 7.11 Å². The Kier molecular flexibility index (Phi) is 4.13. The first kappa shape index (κ1) is 15.6. The SMILES string of the molecule is COc1ccc(C[C@@H]2CNC[C@@]2(C(=O)O)C(F)(F)F)cc1. The normalized spacial score (nSPS) is 25.8.